The predicted molar refractivity (Wildman–Crippen MR) is 194 cm³/mol. The van der Waals surface area contributed by atoms with Gasteiger partial charge in [-0.25, -0.2) is 0 Å². The maximum atomic E-state index is 12.4. The molecule has 0 amide bonds. The molecule has 3 heterocycles. The third-order valence-electron chi connectivity index (χ3n) is 17.7. The van der Waals surface area contributed by atoms with Gasteiger partial charge in [0, 0.05) is 5.92 Å². The van der Waals surface area contributed by atoms with Crippen molar-refractivity contribution < 1.29 is 69.6 Å². The topological polar surface area (TPSA) is 228 Å². The fourth-order valence-electron chi connectivity index (χ4n) is 14.9. The number of hydrogen-bond acceptors (Lipinski definition) is 14. The lowest BCUT2D eigenvalue weighted by Gasteiger charge is -2.65. The molecule has 0 bridgehead atoms. The molecular formula is C41H68O14. The Balaban J connectivity index is 1.04. The van der Waals surface area contributed by atoms with Crippen molar-refractivity contribution in [2.45, 2.75) is 191 Å². The third kappa shape index (κ3) is 5.56. The van der Waals surface area contributed by atoms with Crippen molar-refractivity contribution in [1.29, 1.82) is 0 Å². The van der Waals surface area contributed by atoms with E-state index in [-0.39, 0.29) is 45.5 Å². The molecule has 0 aromatic carbocycles. The zero-order valence-electron chi connectivity index (χ0n) is 33.6. The second-order valence-corrected chi connectivity index (χ2v) is 21.2. The van der Waals surface area contributed by atoms with E-state index in [0.717, 1.165) is 38.5 Å². The molecule has 0 aromatic rings. The van der Waals surface area contributed by atoms with Crippen LogP contribution in [-0.2, 0) is 23.7 Å². The lowest BCUT2D eigenvalue weighted by atomic mass is 9.41. The van der Waals surface area contributed by atoms with Crippen LogP contribution in [0.15, 0.2) is 0 Å². The zero-order chi connectivity index (χ0) is 40.1. The second-order valence-electron chi connectivity index (χ2n) is 21.2. The summed E-state index contributed by atoms with van der Waals surface area (Å²) >= 11 is 0. The molecular weight excluding hydrogens is 716 g/mol. The van der Waals surface area contributed by atoms with Crippen LogP contribution >= 0.6 is 0 Å². The highest BCUT2D eigenvalue weighted by atomic mass is 16.8. The first-order valence-corrected chi connectivity index (χ1v) is 20.8. The molecule has 3 aliphatic heterocycles. The van der Waals surface area contributed by atoms with Gasteiger partial charge in [0.15, 0.2) is 12.6 Å². The van der Waals surface area contributed by atoms with Gasteiger partial charge in [-0.15, -0.1) is 0 Å². The van der Waals surface area contributed by atoms with Gasteiger partial charge in [0.05, 0.1) is 55.4 Å². The van der Waals surface area contributed by atoms with Gasteiger partial charge >= 0.3 is 0 Å². The molecule has 5 aliphatic carbocycles. The van der Waals surface area contributed by atoms with Crippen molar-refractivity contribution in [2.75, 3.05) is 19.8 Å². The summed E-state index contributed by atoms with van der Waals surface area (Å²) < 4.78 is 30.9. The molecule has 55 heavy (non-hydrogen) atoms. The van der Waals surface area contributed by atoms with E-state index in [1.54, 1.807) is 13.8 Å². The fraction of sp³-hybridized carbons (Fsp3) is 1.00. The summed E-state index contributed by atoms with van der Waals surface area (Å²) in [5, 5.41) is 98.2. The van der Waals surface area contributed by atoms with E-state index in [1.165, 1.54) is 0 Å². The molecule has 2 spiro atoms. The molecule has 8 rings (SSSR count). The van der Waals surface area contributed by atoms with Crippen LogP contribution in [0.1, 0.15) is 106 Å². The van der Waals surface area contributed by atoms with Crippen molar-refractivity contribution in [1.82, 2.24) is 0 Å². The fourth-order valence-corrected chi connectivity index (χ4v) is 14.9. The highest BCUT2D eigenvalue weighted by molar-refractivity contribution is 5.33. The van der Waals surface area contributed by atoms with E-state index in [2.05, 4.69) is 34.6 Å². The average molecular weight is 785 g/mol. The van der Waals surface area contributed by atoms with Gasteiger partial charge in [-0.3, -0.25) is 0 Å². The number of aliphatic hydroxyl groups excluding tert-OH is 7. The third-order valence-corrected chi connectivity index (χ3v) is 17.7. The molecule has 5 saturated carbocycles. The molecule has 20 atom stereocenters. The predicted octanol–water partition coefficient (Wildman–Crippen LogP) is 0.726. The summed E-state index contributed by atoms with van der Waals surface area (Å²) in [7, 11) is 0. The van der Waals surface area contributed by atoms with Crippen LogP contribution in [0.4, 0.5) is 0 Å². The Bertz CT molecular complexity index is 1470. The maximum Gasteiger partial charge on any atom is 0.187 e. The molecule has 0 unspecified atom stereocenters. The Morgan fingerprint density at radius 1 is 0.782 bits per heavy atom. The van der Waals surface area contributed by atoms with Crippen LogP contribution < -0.4 is 0 Å². The van der Waals surface area contributed by atoms with Gasteiger partial charge in [-0.1, -0.05) is 27.7 Å². The molecule has 0 aromatic heterocycles. The van der Waals surface area contributed by atoms with Crippen LogP contribution in [0.5, 0.6) is 0 Å². The first-order chi connectivity index (χ1) is 25.5. The van der Waals surface area contributed by atoms with Gasteiger partial charge in [0.2, 0.25) is 0 Å². The minimum Gasteiger partial charge on any atom is -0.394 e. The average Bonchev–Trinajstić information content (AvgIpc) is 3.25. The van der Waals surface area contributed by atoms with Crippen molar-refractivity contribution in [3.63, 3.8) is 0 Å². The first-order valence-electron chi connectivity index (χ1n) is 20.8. The number of ether oxygens (including phenoxy) is 5. The summed E-state index contributed by atoms with van der Waals surface area (Å²) in [6, 6.07) is 0. The molecule has 9 N–H and O–H groups in total. The summed E-state index contributed by atoms with van der Waals surface area (Å²) in [4.78, 5) is 0. The number of hydrogen-bond donors (Lipinski definition) is 9. The van der Waals surface area contributed by atoms with Crippen LogP contribution in [0.3, 0.4) is 0 Å². The largest absolute Gasteiger partial charge is 0.394 e. The second kappa shape index (κ2) is 13.0. The van der Waals surface area contributed by atoms with Crippen molar-refractivity contribution in [3.8, 4) is 0 Å². The summed E-state index contributed by atoms with van der Waals surface area (Å²) in [5.74, 6) is -0.0277. The van der Waals surface area contributed by atoms with Gasteiger partial charge in [-0.2, -0.15) is 0 Å². The van der Waals surface area contributed by atoms with Crippen molar-refractivity contribution in [2.24, 2.45) is 44.8 Å². The number of rotatable bonds is 8. The number of aliphatic hydroxyl groups is 9. The van der Waals surface area contributed by atoms with E-state index in [0.29, 0.717) is 19.3 Å². The lowest BCUT2D eigenvalue weighted by molar-refractivity contribution is -0.355. The van der Waals surface area contributed by atoms with Crippen LogP contribution in [-0.4, -0.2) is 150 Å². The van der Waals surface area contributed by atoms with E-state index in [4.69, 9.17) is 23.7 Å². The molecule has 14 heteroatoms. The van der Waals surface area contributed by atoms with Crippen molar-refractivity contribution >= 4 is 0 Å². The van der Waals surface area contributed by atoms with E-state index in [1.807, 2.05) is 0 Å². The minimum absolute atomic E-state index is 0.00376. The van der Waals surface area contributed by atoms with Gasteiger partial charge < -0.3 is 69.6 Å². The van der Waals surface area contributed by atoms with Crippen molar-refractivity contribution in [3.05, 3.63) is 0 Å². The highest BCUT2D eigenvalue weighted by Gasteiger charge is 2.85. The molecule has 8 aliphatic rings. The SMILES string of the molecule is CC(C)(O)[C@@H]1CC[C@](C)([C@@H]2[C@@H](O)C[C@@]3(C)[C@@H]4C[C@H](O)[C@@H]5C(C)(C)[C@@H](O[C@@H]6O[C@H](CO)[C@@H](O)[C@H](O)[C@H]6O[C@@H]6OC[C@](O)(CO)[C@H]6O)CC[C@@]56C[C@@]46CC[C@]23C)O1. The van der Waals surface area contributed by atoms with Gasteiger partial charge in [-0.05, 0) is 117 Å². The smallest absolute Gasteiger partial charge is 0.187 e. The Morgan fingerprint density at radius 2 is 1.49 bits per heavy atom. The van der Waals surface area contributed by atoms with Gasteiger partial charge in [0.1, 0.15) is 36.1 Å². The minimum atomic E-state index is -1.98. The Kier molecular flexibility index (Phi) is 9.71. The summed E-state index contributed by atoms with van der Waals surface area (Å²) in [6.45, 7) is 12.8. The Morgan fingerprint density at radius 3 is 2.11 bits per heavy atom. The zero-order valence-corrected chi connectivity index (χ0v) is 33.6. The van der Waals surface area contributed by atoms with Crippen LogP contribution in [0, 0.1) is 44.8 Å². The van der Waals surface area contributed by atoms with E-state index < -0.39 is 103 Å². The lowest BCUT2D eigenvalue weighted by Crippen LogP contribution is -2.65. The number of fused-ring (bicyclic) bond motifs is 2. The standard InChI is InChI=1S/C41H68O14/c1-34(2)24(53-32-28(27(47)26(46)22(16-42)52-32)54-33-31(48)41(50,18-43)19-51-33)9-11-40-17-39(40)13-12-36(5)30(38(7)10-8-25(55-38)35(3,4)49)21(45)15-37(36,6)23(39)14-20(44)29(34)40/h20-33,42-50H,8-19H2,1-7H3/t20-,21-,22+,23-,24-,25-,26+,27-,28+,29+,30+,31-,32-,33-,36+,37-,38+,39-,40+,41+/m0/s1. The van der Waals surface area contributed by atoms with Crippen LogP contribution in [0.2, 0.25) is 0 Å². The quantitative estimate of drug-likeness (QED) is 0.155. The Labute approximate surface area is 324 Å². The van der Waals surface area contributed by atoms with Crippen LogP contribution in [0.25, 0.3) is 0 Å². The molecule has 3 saturated heterocycles. The summed E-state index contributed by atoms with van der Waals surface area (Å²) in [6.07, 6.45) is -5.03. The first kappa shape index (κ1) is 41.2. The molecule has 0 radical (unpaired) electrons. The van der Waals surface area contributed by atoms with E-state index in [9.17, 15) is 46.0 Å². The summed E-state index contributed by atoms with van der Waals surface area (Å²) in [5.41, 5.74) is -4.71. The van der Waals surface area contributed by atoms with Gasteiger partial charge in [0.25, 0.3) is 0 Å². The molecule has 14 nitrogen and oxygen atoms in total. The normalized spacial score (nSPS) is 58.5. The Hall–Kier alpha value is -0.560. The highest BCUT2D eigenvalue weighted by Crippen LogP contribution is 2.89. The monoisotopic (exact) mass is 784 g/mol. The maximum absolute atomic E-state index is 12.4. The molecule has 8 fully saturated rings. The van der Waals surface area contributed by atoms with E-state index >= 15 is 0 Å². The molecule has 316 valence electrons.